The Kier molecular flexibility index (Phi) is 4.60. The van der Waals surface area contributed by atoms with Gasteiger partial charge in [0.1, 0.15) is 10.6 Å². The van der Waals surface area contributed by atoms with E-state index in [0.29, 0.717) is 22.2 Å². The van der Waals surface area contributed by atoms with Crippen LogP contribution in [-0.2, 0) is 10.0 Å². The number of ether oxygens (including phenoxy) is 1. The van der Waals surface area contributed by atoms with Gasteiger partial charge in [-0.15, -0.1) is 0 Å². The zero-order chi connectivity index (χ0) is 15.5. The summed E-state index contributed by atoms with van der Waals surface area (Å²) in [6.07, 6.45) is 5.00. The summed E-state index contributed by atoms with van der Waals surface area (Å²) in [5, 5.41) is 8.74. The van der Waals surface area contributed by atoms with E-state index in [-0.39, 0.29) is 10.6 Å². The molecule has 0 saturated carbocycles. The normalized spacial score (nSPS) is 16.4. The molecular weight excluding hydrogens is 356 g/mol. The van der Waals surface area contributed by atoms with E-state index in [9.17, 15) is 8.42 Å². The van der Waals surface area contributed by atoms with Gasteiger partial charge in [0.25, 0.3) is 10.0 Å². The number of hydrogen-bond donors (Lipinski definition) is 0. The lowest BCUT2D eigenvalue weighted by molar-refractivity contribution is 0.402. The zero-order valence-corrected chi connectivity index (χ0v) is 13.5. The van der Waals surface area contributed by atoms with Crippen LogP contribution in [0.25, 0.3) is 0 Å². The molecule has 1 aliphatic rings. The topological polar surface area (TPSA) is 79.5 Å². The van der Waals surface area contributed by atoms with Crippen LogP contribution in [0.3, 0.4) is 0 Å². The van der Waals surface area contributed by atoms with Gasteiger partial charge in [-0.25, -0.2) is 0 Å². The molecule has 1 aromatic rings. The van der Waals surface area contributed by atoms with Crippen LogP contribution in [0.4, 0.5) is 0 Å². The molecule has 0 unspecified atom stereocenters. The number of methoxy groups -OCH3 is 1. The lowest BCUT2D eigenvalue weighted by atomic mass is 10.1. The van der Waals surface area contributed by atoms with Crippen LogP contribution in [0.1, 0.15) is 6.42 Å². The van der Waals surface area contributed by atoms with Gasteiger partial charge in [-0.2, -0.15) is 18.1 Å². The molecule has 0 amide bonds. The van der Waals surface area contributed by atoms with Gasteiger partial charge in [0.15, 0.2) is 0 Å². The number of halogens is 1. The summed E-state index contributed by atoms with van der Waals surface area (Å²) in [5.74, 6) is 0.232. The Morgan fingerprint density at radius 1 is 1.38 bits per heavy atom. The first-order chi connectivity index (χ1) is 9.96. The molecule has 0 bridgehead atoms. The molecular formula is C14H11BrN2O3S. The Labute approximate surface area is 131 Å². The first-order valence-electron chi connectivity index (χ1n) is 5.92. The van der Waals surface area contributed by atoms with Gasteiger partial charge in [-0.3, -0.25) is 0 Å². The van der Waals surface area contributed by atoms with Gasteiger partial charge < -0.3 is 4.74 Å². The average Bonchev–Trinajstić information content (AvgIpc) is 2.47. The van der Waals surface area contributed by atoms with Crippen molar-refractivity contribution in [2.75, 3.05) is 7.11 Å². The van der Waals surface area contributed by atoms with E-state index in [2.05, 4.69) is 20.3 Å². The molecule has 0 N–H and O–H groups in total. The summed E-state index contributed by atoms with van der Waals surface area (Å²) < 4.78 is 34.2. The van der Waals surface area contributed by atoms with E-state index in [1.165, 1.54) is 25.3 Å². The molecule has 108 valence electrons. The molecule has 1 aliphatic carbocycles. The SMILES string of the molecule is COc1ccc(Br)cc1S(=O)(=O)N=C1C=CC(C#N)=CC1. The van der Waals surface area contributed by atoms with Gasteiger partial charge in [-0.05, 0) is 30.4 Å². The predicted octanol–water partition coefficient (Wildman–Crippen LogP) is 3.00. The summed E-state index contributed by atoms with van der Waals surface area (Å²) in [6.45, 7) is 0. The monoisotopic (exact) mass is 366 g/mol. The molecule has 2 rings (SSSR count). The molecule has 0 radical (unpaired) electrons. The molecule has 0 aliphatic heterocycles. The number of hydrogen-bond acceptors (Lipinski definition) is 4. The fraction of sp³-hybridized carbons (Fsp3) is 0.143. The predicted molar refractivity (Wildman–Crippen MR) is 82.8 cm³/mol. The van der Waals surface area contributed by atoms with E-state index in [1.54, 1.807) is 18.2 Å². The van der Waals surface area contributed by atoms with Gasteiger partial charge in [-0.1, -0.05) is 22.0 Å². The standard InChI is InChI=1S/C14H11BrN2O3S/c1-20-13-7-4-11(15)8-14(13)21(18,19)17-12-5-2-10(9-16)3-6-12/h2-5,7-8H,6H2,1H3. The Morgan fingerprint density at radius 3 is 2.71 bits per heavy atom. The van der Waals surface area contributed by atoms with Gasteiger partial charge in [0.05, 0.1) is 18.9 Å². The van der Waals surface area contributed by atoms with Crippen molar-refractivity contribution in [1.82, 2.24) is 0 Å². The third-order valence-corrected chi connectivity index (χ3v) is 4.60. The first-order valence-corrected chi connectivity index (χ1v) is 8.15. The number of rotatable bonds is 3. The molecule has 7 heteroatoms. The Hall–Kier alpha value is -1.91. The van der Waals surface area contributed by atoms with Crippen LogP contribution in [0, 0.1) is 11.3 Å². The van der Waals surface area contributed by atoms with Crippen molar-refractivity contribution >= 4 is 31.7 Å². The minimum atomic E-state index is -3.88. The molecule has 0 heterocycles. The number of nitrogens with zero attached hydrogens (tertiary/aromatic N) is 2. The fourth-order valence-corrected chi connectivity index (χ4v) is 3.48. The number of sulfonamides is 1. The fourth-order valence-electron chi connectivity index (χ4n) is 1.74. The van der Waals surface area contributed by atoms with Crippen molar-refractivity contribution < 1.29 is 13.2 Å². The number of nitriles is 1. The van der Waals surface area contributed by atoms with Crippen molar-refractivity contribution in [3.8, 4) is 11.8 Å². The number of benzene rings is 1. The maximum atomic E-state index is 12.4. The van der Waals surface area contributed by atoms with E-state index >= 15 is 0 Å². The van der Waals surface area contributed by atoms with Crippen LogP contribution in [0.15, 0.2) is 55.8 Å². The van der Waals surface area contributed by atoms with E-state index < -0.39 is 10.0 Å². The summed E-state index contributed by atoms with van der Waals surface area (Å²) in [6, 6.07) is 6.68. The summed E-state index contributed by atoms with van der Waals surface area (Å²) in [4.78, 5) is -0.00432. The van der Waals surface area contributed by atoms with Crippen LogP contribution in [0.5, 0.6) is 5.75 Å². The smallest absolute Gasteiger partial charge is 0.286 e. The Balaban J connectivity index is 2.41. The van der Waals surface area contributed by atoms with Gasteiger partial charge >= 0.3 is 0 Å². The van der Waals surface area contributed by atoms with Gasteiger partial charge in [0, 0.05) is 16.5 Å². The van der Waals surface area contributed by atoms with E-state index in [4.69, 9.17) is 10.00 Å². The van der Waals surface area contributed by atoms with Crippen molar-refractivity contribution in [2.45, 2.75) is 11.3 Å². The molecule has 0 saturated heterocycles. The Morgan fingerprint density at radius 2 is 2.14 bits per heavy atom. The molecule has 5 nitrogen and oxygen atoms in total. The van der Waals surface area contributed by atoms with Crippen LogP contribution >= 0.6 is 15.9 Å². The Bertz CT molecular complexity index is 802. The summed E-state index contributed by atoms with van der Waals surface area (Å²) in [7, 11) is -2.48. The van der Waals surface area contributed by atoms with Gasteiger partial charge in [0.2, 0.25) is 0 Å². The summed E-state index contributed by atoms with van der Waals surface area (Å²) in [5.41, 5.74) is 0.863. The highest BCUT2D eigenvalue weighted by Crippen LogP contribution is 2.29. The second-order valence-electron chi connectivity index (χ2n) is 4.16. The molecule has 1 aromatic carbocycles. The zero-order valence-electron chi connectivity index (χ0n) is 11.1. The maximum absolute atomic E-state index is 12.4. The molecule has 0 atom stereocenters. The third kappa shape index (κ3) is 3.60. The largest absolute Gasteiger partial charge is 0.495 e. The second kappa shape index (κ2) is 6.24. The third-order valence-electron chi connectivity index (χ3n) is 2.76. The molecule has 0 fully saturated rings. The van der Waals surface area contributed by atoms with Crippen LogP contribution in [0.2, 0.25) is 0 Å². The lowest BCUT2D eigenvalue weighted by Crippen LogP contribution is -2.06. The van der Waals surface area contributed by atoms with Crippen molar-refractivity contribution in [1.29, 1.82) is 5.26 Å². The molecule has 0 aromatic heterocycles. The highest BCUT2D eigenvalue weighted by molar-refractivity contribution is 9.10. The van der Waals surface area contributed by atoms with Crippen molar-refractivity contribution in [3.05, 3.63) is 46.5 Å². The lowest BCUT2D eigenvalue weighted by Gasteiger charge is -2.08. The van der Waals surface area contributed by atoms with Crippen molar-refractivity contribution in [3.63, 3.8) is 0 Å². The maximum Gasteiger partial charge on any atom is 0.286 e. The minimum absolute atomic E-state index is 0.00432. The number of allylic oxidation sites excluding steroid dienone is 4. The highest BCUT2D eigenvalue weighted by Gasteiger charge is 2.20. The molecule has 0 spiro atoms. The highest BCUT2D eigenvalue weighted by atomic mass is 79.9. The van der Waals surface area contributed by atoms with E-state index in [0.717, 1.165) is 0 Å². The average molecular weight is 367 g/mol. The van der Waals surface area contributed by atoms with E-state index in [1.807, 2.05) is 6.07 Å². The quantitative estimate of drug-likeness (QED) is 0.823. The summed E-state index contributed by atoms with van der Waals surface area (Å²) >= 11 is 3.23. The van der Waals surface area contributed by atoms with Crippen LogP contribution in [-0.4, -0.2) is 21.2 Å². The van der Waals surface area contributed by atoms with Crippen molar-refractivity contribution in [2.24, 2.45) is 4.40 Å². The second-order valence-corrected chi connectivity index (χ2v) is 6.65. The van der Waals surface area contributed by atoms with Crippen LogP contribution < -0.4 is 4.74 Å². The molecule has 21 heavy (non-hydrogen) atoms. The minimum Gasteiger partial charge on any atom is -0.495 e. The first kappa shape index (κ1) is 15.5.